The molecular weight excluding hydrogens is 150 g/mol. The lowest BCUT2D eigenvalue weighted by Gasteiger charge is -2.21. The van der Waals surface area contributed by atoms with E-state index in [9.17, 15) is 5.11 Å². The third-order valence-electron chi connectivity index (χ3n) is 2.85. The maximum Gasteiger partial charge on any atom is 0.0693 e. The minimum atomic E-state index is -0.118. The lowest BCUT2D eigenvalue weighted by Crippen LogP contribution is -2.37. The normalized spacial score (nSPS) is 33.5. The van der Waals surface area contributed by atoms with Gasteiger partial charge in [0.1, 0.15) is 0 Å². The van der Waals surface area contributed by atoms with Crippen LogP contribution in [0.5, 0.6) is 0 Å². The van der Waals surface area contributed by atoms with Crippen molar-refractivity contribution in [3.05, 3.63) is 0 Å². The Kier molecular flexibility index (Phi) is 4.62. The first-order valence-electron chi connectivity index (χ1n) is 5.20. The highest BCUT2D eigenvalue weighted by atomic mass is 16.3. The summed E-state index contributed by atoms with van der Waals surface area (Å²) in [6.45, 7) is 0. The van der Waals surface area contributed by atoms with E-state index in [1.807, 2.05) is 7.05 Å². The summed E-state index contributed by atoms with van der Waals surface area (Å²) in [6, 6.07) is 0.336. The number of hydrogen-bond donors (Lipinski definition) is 2. The Labute approximate surface area is 75.4 Å². The van der Waals surface area contributed by atoms with Crippen molar-refractivity contribution in [2.45, 2.75) is 57.1 Å². The SMILES string of the molecule is CN[C@@H]1CCCCCCC[C@H]1O. The number of rotatable bonds is 1. The van der Waals surface area contributed by atoms with Crippen molar-refractivity contribution in [2.75, 3.05) is 7.05 Å². The highest BCUT2D eigenvalue weighted by molar-refractivity contribution is 4.75. The van der Waals surface area contributed by atoms with E-state index in [-0.39, 0.29) is 6.10 Å². The van der Waals surface area contributed by atoms with Gasteiger partial charge in [-0.1, -0.05) is 32.1 Å². The summed E-state index contributed by atoms with van der Waals surface area (Å²) in [5.41, 5.74) is 0. The van der Waals surface area contributed by atoms with Crippen molar-refractivity contribution in [3.8, 4) is 0 Å². The summed E-state index contributed by atoms with van der Waals surface area (Å²) in [7, 11) is 1.95. The molecule has 0 bridgehead atoms. The third kappa shape index (κ3) is 3.11. The summed E-state index contributed by atoms with van der Waals surface area (Å²) >= 11 is 0. The second-order valence-corrected chi connectivity index (χ2v) is 3.81. The van der Waals surface area contributed by atoms with Crippen molar-refractivity contribution in [2.24, 2.45) is 0 Å². The van der Waals surface area contributed by atoms with Crippen LogP contribution in [0.2, 0.25) is 0 Å². The van der Waals surface area contributed by atoms with E-state index in [4.69, 9.17) is 0 Å². The van der Waals surface area contributed by atoms with Crippen LogP contribution in [-0.4, -0.2) is 24.3 Å². The largest absolute Gasteiger partial charge is 0.392 e. The quantitative estimate of drug-likeness (QED) is 0.629. The summed E-state index contributed by atoms with van der Waals surface area (Å²) in [4.78, 5) is 0. The van der Waals surface area contributed by atoms with Crippen molar-refractivity contribution >= 4 is 0 Å². The first-order valence-corrected chi connectivity index (χ1v) is 5.20. The molecular formula is C10H21NO. The van der Waals surface area contributed by atoms with Crippen LogP contribution in [0.4, 0.5) is 0 Å². The van der Waals surface area contributed by atoms with Gasteiger partial charge in [-0.15, -0.1) is 0 Å². The van der Waals surface area contributed by atoms with Crippen LogP contribution in [0.25, 0.3) is 0 Å². The van der Waals surface area contributed by atoms with Gasteiger partial charge in [0, 0.05) is 6.04 Å². The summed E-state index contributed by atoms with van der Waals surface area (Å²) in [6.07, 6.45) is 8.44. The number of likely N-dealkylation sites (N-methyl/N-ethyl adjacent to an activating group) is 1. The molecule has 1 aliphatic rings. The number of nitrogens with one attached hydrogen (secondary N) is 1. The van der Waals surface area contributed by atoms with Gasteiger partial charge in [-0.2, -0.15) is 0 Å². The lowest BCUT2D eigenvalue weighted by molar-refractivity contribution is 0.116. The topological polar surface area (TPSA) is 32.3 Å². The number of hydrogen-bond acceptors (Lipinski definition) is 2. The Hall–Kier alpha value is -0.0800. The second-order valence-electron chi connectivity index (χ2n) is 3.81. The standard InChI is InChI=1S/C10H21NO/c1-11-9-7-5-3-2-4-6-8-10(9)12/h9-12H,2-8H2,1H3/t9-,10-/m1/s1. The van der Waals surface area contributed by atoms with E-state index in [0.717, 1.165) is 12.8 Å². The van der Waals surface area contributed by atoms with Crippen molar-refractivity contribution < 1.29 is 5.11 Å². The molecule has 12 heavy (non-hydrogen) atoms. The fourth-order valence-corrected chi connectivity index (χ4v) is 1.98. The van der Waals surface area contributed by atoms with Gasteiger partial charge in [0.05, 0.1) is 6.10 Å². The monoisotopic (exact) mass is 171 g/mol. The van der Waals surface area contributed by atoms with Gasteiger partial charge in [-0.05, 0) is 19.9 Å². The molecule has 72 valence electrons. The Morgan fingerprint density at radius 1 is 1.00 bits per heavy atom. The molecule has 2 heteroatoms. The van der Waals surface area contributed by atoms with Crippen LogP contribution in [0.3, 0.4) is 0 Å². The molecule has 2 nitrogen and oxygen atoms in total. The second kappa shape index (κ2) is 5.55. The van der Waals surface area contributed by atoms with Crippen molar-refractivity contribution in [1.29, 1.82) is 0 Å². The van der Waals surface area contributed by atoms with Crippen LogP contribution < -0.4 is 5.32 Å². The molecule has 0 heterocycles. The third-order valence-corrected chi connectivity index (χ3v) is 2.85. The van der Waals surface area contributed by atoms with Gasteiger partial charge in [0.15, 0.2) is 0 Å². The molecule has 1 saturated carbocycles. The Bertz CT molecular complexity index is 116. The zero-order valence-corrected chi connectivity index (χ0v) is 8.05. The van der Waals surface area contributed by atoms with Gasteiger partial charge in [-0.3, -0.25) is 0 Å². The lowest BCUT2D eigenvalue weighted by atomic mass is 10.0. The Morgan fingerprint density at radius 2 is 1.58 bits per heavy atom. The van der Waals surface area contributed by atoms with Gasteiger partial charge in [-0.25, -0.2) is 0 Å². The van der Waals surface area contributed by atoms with Crippen LogP contribution in [-0.2, 0) is 0 Å². The maximum absolute atomic E-state index is 9.74. The minimum absolute atomic E-state index is 0.118. The van der Waals surface area contributed by atoms with Gasteiger partial charge in [0.2, 0.25) is 0 Å². The number of aliphatic hydroxyl groups excluding tert-OH is 1. The van der Waals surface area contributed by atoms with Crippen molar-refractivity contribution in [3.63, 3.8) is 0 Å². The predicted molar refractivity (Wildman–Crippen MR) is 51.2 cm³/mol. The predicted octanol–water partition coefficient (Wildman–Crippen LogP) is 1.68. The molecule has 0 amide bonds. The first kappa shape index (κ1) is 10.0. The molecule has 0 aromatic rings. The fourth-order valence-electron chi connectivity index (χ4n) is 1.98. The van der Waals surface area contributed by atoms with Crippen molar-refractivity contribution in [1.82, 2.24) is 5.32 Å². The van der Waals surface area contributed by atoms with E-state index in [1.54, 1.807) is 0 Å². The van der Waals surface area contributed by atoms with Gasteiger partial charge >= 0.3 is 0 Å². The molecule has 0 aromatic carbocycles. The molecule has 2 N–H and O–H groups in total. The summed E-state index contributed by atoms with van der Waals surface area (Å²) in [5.74, 6) is 0. The van der Waals surface area contributed by atoms with Gasteiger partial charge < -0.3 is 10.4 Å². The smallest absolute Gasteiger partial charge is 0.0693 e. The van der Waals surface area contributed by atoms with Gasteiger partial charge in [0.25, 0.3) is 0 Å². The van der Waals surface area contributed by atoms with E-state index in [1.165, 1.54) is 32.1 Å². The molecule has 0 spiro atoms. The zero-order chi connectivity index (χ0) is 8.81. The highest BCUT2D eigenvalue weighted by Crippen LogP contribution is 2.17. The molecule has 1 aliphatic carbocycles. The van der Waals surface area contributed by atoms with Crippen LogP contribution >= 0.6 is 0 Å². The molecule has 1 fully saturated rings. The molecule has 0 aliphatic heterocycles. The fraction of sp³-hybridized carbons (Fsp3) is 1.00. The van der Waals surface area contributed by atoms with E-state index >= 15 is 0 Å². The first-order chi connectivity index (χ1) is 5.84. The summed E-state index contributed by atoms with van der Waals surface area (Å²) in [5, 5.41) is 12.9. The molecule has 0 unspecified atom stereocenters. The average molecular weight is 171 g/mol. The Morgan fingerprint density at radius 3 is 2.25 bits per heavy atom. The summed E-state index contributed by atoms with van der Waals surface area (Å²) < 4.78 is 0. The Balaban J connectivity index is 2.35. The van der Waals surface area contributed by atoms with Crippen LogP contribution in [0.1, 0.15) is 44.9 Å². The molecule has 1 rings (SSSR count). The molecule has 2 atom stereocenters. The van der Waals surface area contributed by atoms with E-state index in [0.29, 0.717) is 6.04 Å². The maximum atomic E-state index is 9.74. The molecule has 0 aromatic heterocycles. The molecule has 0 radical (unpaired) electrons. The van der Waals surface area contributed by atoms with E-state index in [2.05, 4.69) is 5.32 Å². The zero-order valence-electron chi connectivity index (χ0n) is 8.05. The van der Waals surface area contributed by atoms with E-state index < -0.39 is 0 Å². The molecule has 0 saturated heterocycles. The minimum Gasteiger partial charge on any atom is -0.392 e. The average Bonchev–Trinajstić information content (AvgIpc) is 2.17. The highest BCUT2D eigenvalue weighted by Gasteiger charge is 2.17. The van der Waals surface area contributed by atoms with Crippen LogP contribution in [0, 0.1) is 0 Å². The number of aliphatic hydroxyl groups is 1. The van der Waals surface area contributed by atoms with Crippen LogP contribution in [0.15, 0.2) is 0 Å².